The first-order chi connectivity index (χ1) is 12.7. The number of carbonyl (C=O) groups excluding carboxylic acids is 1. The summed E-state index contributed by atoms with van der Waals surface area (Å²) in [5.74, 6) is 0.480. The molecule has 0 saturated carbocycles. The molecular weight excluding hydrogens is 364 g/mol. The molecule has 0 heterocycles. The molecule has 0 aliphatic rings. The molecule has 0 radical (unpaired) electrons. The predicted octanol–water partition coefficient (Wildman–Crippen LogP) is 3.67. The van der Waals surface area contributed by atoms with Crippen LogP contribution in [0.2, 0.25) is 0 Å². The minimum absolute atomic E-state index is 0.141. The van der Waals surface area contributed by atoms with Gasteiger partial charge in [0.2, 0.25) is 10.0 Å². The molecule has 0 saturated heterocycles. The Kier molecular flexibility index (Phi) is 6.62. The number of ether oxygens (including phenoxy) is 1. The second kappa shape index (κ2) is 8.54. The molecule has 6 nitrogen and oxygen atoms in total. The van der Waals surface area contributed by atoms with Crippen LogP contribution in [0.3, 0.4) is 0 Å². The van der Waals surface area contributed by atoms with Crippen molar-refractivity contribution in [3.05, 3.63) is 53.6 Å². The fraction of sp³-hybridized carbons (Fsp3) is 0.350. The van der Waals surface area contributed by atoms with E-state index in [9.17, 15) is 13.2 Å². The number of rotatable bonds is 7. The second-order valence-corrected chi connectivity index (χ2v) is 8.50. The number of nitrogens with zero attached hydrogens (tertiary/aromatic N) is 1. The number of aryl methyl sites for hydroxylation is 1. The first kappa shape index (κ1) is 20.9. The first-order valence-electron chi connectivity index (χ1n) is 8.79. The Morgan fingerprint density at radius 2 is 1.78 bits per heavy atom. The van der Waals surface area contributed by atoms with Crippen LogP contribution in [-0.4, -0.2) is 38.3 Å². The molecule has 0 unspecified atom stereocenters. The van der Waals surface area contributed by atoms with Crippen molar-refractivity contribution >= 4 is 21.6 Å². The number of hydrogen-bond donors (Lipinski definition) is 1. The SMILES string of the molecule is CCOc1ccc(C(=O)Nc2ccc(S(=O)(=O)N(C)C(C)C)cc2)cc1C. The molecule has 27 heavy (non-hydrogen) atoms. The largest absolute Gasteiger partial charge is 0.494 e. The van der Waals surface area contributed by atoms with Crippen LogP contribution in [0.15, 0.2) is 47.4 Å². The third-order valence-corrected chi connectivity index (χ3v) is 6.30. The normalized spacial score (nSPS) is 11.7. The van der Waals surface area contributed by atoms with Crippen molar-refractivity contribution in [2.24, 2.45) is 0 Å². The minimum atomic E-state index is -3.54. The van der Waals surface area contributed by atoms with Crippen LogP contribution < -0.4 is 10.1 Å². The van der Waals surface area contributed by atoms with E-state index in [2.05, 4.69) is 5.32 Å². The lowest BCUT2D eigenvalue weighted by Gasteiger charge is -2.21. The smallest absolute Gasteiger partial charge is 0.255 e. The molecule has 0 aromatic heterocycles. The van der Waals surface area contributed by atoms with E-state index in [4.69, 9.17) is 4.74 Å². The Balaban J connectivity index is 2.15. The van der Waals surface area contributed by atoms with Gasteiger partial charge in [-0.3, -0.25) is 4.79 Å². The van der Waals surface area contributed by atoms with Gasteiger partial charge in [0.05, 0.1) is 11.5 Å². The highest BCUT2D eigenvalue weighted by Crippen LogP contribution is 2.22. The molecule has 1 amide bonds. The first-order valence-corrected chi connectivity index (χ1v) is 10.2. The Morgan fingerprint density at radius 1 is 1.15 bits per heavy atom. The van der Waals surface area contributed by atoms with E-state index in [1.807, 2.05) is 27.7 Å². The summed E-state index contributed by atoms with van der Waals surface area (Å²) in [7, 11) is -2.00. The molecule has 0 atom stereocenters. The maximum absolute atomic E-state index is 12.5. The van der Waals surface area contributed by atoms with E-state index >= 15 is 0 Å². The molecule has 0 aliphatic carbocycles. The lowest BCUT2D eigenvalue weighted by atomic mass is 10.1. The van der Waals surface area contributed by atoms with E-state index in [1.54, 1.807) is 37.4 Å². The fourth-order valence-corrected chi connectivity index (χ4v) is 3.83. The maximum Gasteiger partial charge on any atom is 0.255 e. The van der Waals surface area contributed by atoms with Gasteiger partial charge in [-0.2, -0.15) is 4.31 Å². The highest BCUT2D eigenvalue weighted by Gasteiger charge is 2.22. The van der Waals surface area contributed by atoms with Gasteiger partial charge < -0.3 is 10.1 Å². The van der Waals surface area contributed by atoms with Crippen molar-refractivity contribution < 1.29 is 17.9 Å². The number of benzene rings is 2. The summed E-state index contributed by atoms with van der Waals surface area (Å²) in [5.41, 5.74) is 1.91. The number of amides is 1. The van der Waals surface area contributed by atoms with Crippen molar-refractivity contribution in [1.29, 1.82) is 0 Å². The van der Waals surface area contributed by atoms with Gasteiger partial charge in [-0.1, -0.05) is 0 Å². The highest BCUT2D eigenvalue weighted by molar-refractivity contribution is 7.89. The summed E-state index contributed by atoms with van der Waals surface area (Å²) in [5, 5.41) is 2.78. The number of sulfonamides is 1. The number of carbonyl (C=O) groups is 1. The quantitative estimate of drug-likeness (QED) is 0.783. The Labute approximate surface area is 161 Å². The van der Waals surface area contributed by atoms with E-state index in [-0.39, 0.29) is 16.8 Å². The van der Waals surface area contributed by atoms with E-state index in [0.29, 0.717) is 17.9 Å². The summed E-state index contributed by atoms with van der Waals surface area (Å²) >= 11 is 0. The van der Waals surface area contributed by atoms with Gasteiger partial charge in [0.15, 0.2) is 0 Å². The molecule has 1 N–H and O–H groups in total. The third kappa shape index (κ3) is 4.87. The topological polar surface area (TPSA) is 75.7 Å². The van der Waals surface area contributed by atoms with Crippen LogP contribution in [0.25, 0.3) is 0 Å². The van der Waals surface area contributed by atoms with E-state index < -0.39 is 10.0 Å². The number of nitrogens with one attached hydrogen (secondary N) is 1. The fourth-order valence-electron chi connectivity index (χ4n) is 2.47. The van der Waals surface area contributed by atoms with Gasteiger partial charge >= 0.3 is 0 Å². The predicted molar refractivity (Wildman–Crippen MR) is 107 cm³/mol. The standard InChI is InChI=1S/C20H26N2O4S/c1-6-26-19-12-7-16(13-15(19)4)20(23)21-17-8-10-18(11-9-17)27(24,25)22(5)14(2)3/h7-14H,6H2,1-5H3,(H,21,23). The van der Waals surface area contributed by atoms with Gasteiger partial charge in [-0.05, 0) is 75.7 Å². The van der Waals surface area contributed by atoms with Crippen LogP contribution in [-0.2, 0) is 10.0 Å². The Morgan fingerprint density at radius 3 is 2.30 bits per heavy atom. The van der Waals surface area contributed by atoms with Crippen LogP contribution in [0.5, 0.6) is 5.75 Å². The van der Waals surface area contributed by atoms with Gasteiger partial charge in [0.1, 0.15) is 5.75 Å². The summed E-state index contributed by atoms with van der Waals surface area (Å²) in [6, 6.07) is 11.2. The van der Waals surface area contributed by atoms with Crippen LogP contribution >= 0.6 is 0 Å². The Bertz CT molecular complexity index is 906. The highest BCUT2D eigenvalue weighted by atomic mass is 32.2. The second-order valence-electron chi connectivity index (χ2n) is 6.51. The maximum atomic E-state index is 12.5. The molecule has 0 aliphatic heterocycles. The van der Waals surface area contributed by atoms with Gasteiger partial charge in [-0.15, -0.1) is 0 Å². The van der Waals surface area contributed by atoms with Gasteiger partial charge in [0, 0.05) is 24.3 Å². The van der Waals surface area contributed by atoms with Crippen molar-refractivity contribution in [2.75, 3.05) is 19.0 Å². The zero-order valence-electron chi connectivity index (χ0n) is 16.3. The molecular formula is C20H26N2O4S. The summed E-state index contributed by atoms with van der Waals surface area (Å²) < 4.78 is 31.7. The molecule has 0 bridgehead atoms. The molecule has 2 rings (SSSR count). The van der Waals surface area contributed by atoms with Crippen LogP contribution in [0.4, 0.5) is 5.69 Å². The lowest BCUT2D eigenvalue weighted by molar-refractivity contribution is 0.102. The minimum Gasteiger partial charge on any atom is -0.494 e. The van der Waals surface area contributed by atoms with E-state index in [1.165, 1.54) is 16.4 Å². The van der Waals surface area contributed by atoms with Crippen LogP contribution in [0, 0.1) is 6.92 Å². The van der Waals surface area contributed by atoms with Crippen LogP contribution in [0.1, 0.15) is 36.7 Å². The van der Waals surface area contributed by atoms with Crippen molar-refractivity contribution in [3.63, 3.8) is 0 Å². The molecule has 0 spiro atoms. The lowest BCUT2D eigenvalue weighted by Crippen LogP contribution is -2.33. The van der Waals surface area contributed by atoms with Gasteiger partial charge in [0.25, 0.3) is 5.91 Å². The van der Waals surface area contributed by atoms with Crippen molar-refractivity contribution in [1.82, 2.24) is 4.31 Å². The Hall–Kier alpha value is -2.38. The molecule has 0 fully saturated rings. The molecule has 2 aromatic rings. The zero-order chi connectivity index (χ0) is 20.2. The number of hydrogen-bond acceptors (Lipinski definition) is 4. The molecule has 2 aromatic carbocycles. The summed E-state index contributed by atoms with van der Waals surface area (Å²) in [6.45, 7) is 7.97. The third-order valence-electron chi connectivity index (χ3n) is 4.25. The summed E-state index contributed by atoms with van der Waals surface area (Å²) in [6.07, 6.45) is 0. The van der Waals surface area contributed by atoms with E-state index in [0.717, 1.165) is 11.3 Å². The van der Waals surface area contributed by atoms with Crippen molar-refractivity contribution in [3.8, 4) is 5.75 Å². The zero-order valence-corrected chi connectivity index (χ0v) is 17.1. The molecule has 7 heteroatoms. The monoisotopic (exact) mass is 390 g/mol. The summed E-state index contributed by atoms with van der Waals surface area (Å²) in [4.78, 5) is 12.6. The molecule has 146 valence electrons. The average molecular weight is 391 g/mol. The van der Waals surface area contributed by atoms with Crippen molar-refractivity contribution in [2.45, 2.75) is 38.6 Å². The van der Waals surface area contributed by atoms with Gasteiger partial charge in [-0.25, -0.2) is 8.42 Å². The average Bonchev–Trinajstić information content (AvgIpc) is 2.63. The number of anilines is 1.